The van der Waals surface area contributed by atoms with Gasteiger partial charge in [-0.2, -0.15) is 0 Å². The number of rotatable bonds is 1. The Kier molecular flexibility index (Phi) is 2.60. The molecule has 2 rings (SSSR count). The molecule has 2 N–H and O–H groups in total. The molecule has 1 fully saturated rings. The number of ether oxygens (including phenoxy) is 1. The zero-order valence-electron chi connectivity index (χ0n) is 7.25. The molecular weight excluding hydrogens is 234 g/mol. The summed E-state index contributed by atoms with van der Waals surface area (Å²) in [6.07, 6.45) is 2.19. The van der Waals surface area contributed by atoms with Gasteiger partial charge in [0.05, 0.1) is 12.3 Å². The molecule has 2 heterocycles. The molecule has 4 heteroatoms. The van der Waals surface area contributed by atoms with Crippen molar-refractivity contribution in [3.05, 3.63) is 16.5 Å². The molecular formula is C9H12BrNO2. The van der Waals surface area contributed by atoms with Gasteiger partial charge in [-0.15, -0.1) is 0 Å². The highest BCUT2D eigenvalue weighted by Gasteiger charge is 2.22. The van der Waals surface area contributed by atoms with Gasteiger partial charge in [-0.3, -0.25) is 0 Å². The van der Waals surface area contributed by atoms with Crippen LogP contribution in [0.3, 0.4) is 0 Å². The summed E-state index contributed by atoms with van der Waals surface area (Å²) in [5.74, 6) is 1.20. The SMILES string of the molecule is Nc1cc(Br)oc1C1CCCOC1. The Labute approximate surface area is 85.4 Å². The molecule has 0 aliphatic carbocycles. The summed E-state index contributed by atoms with van der Waals surface area (Å²) in [6, 6.07) is 1.80. The molecule has 1 aromatic heterocycles. The lowest BCUT2D eigenvalue weighted by Gasteiger charge is -2.20. The normalized spacial score (nSPS) is 23.3. The van der Waals surface area contributed by atoms with Crippen LogP contribution in [0, 0.1) is 0 Å². The van der Waals surface area contributed by atoms with Crippen LogP contribution >= 0.6 is 15.9 Å². The lowest BCUT2D eigenvalue weighted by Crippen LogP contribution is -2.15. The lowest BCUT2D eigenvalue weighted by atomic mass is 9.99. The first-order chi connectivity index (χ1) is 6.27. The average Bonchev–Trinajstić information content (AvgIpc) is 2.47. The highest BCUT2D eigenvalue weighted by atomic mass is 79.9. The Morgan fingerprint density at radius 2 is 2.38 bits per heavy atom. The fourth-order valence-electron chi connectivity index (χ4n) is 1.65. The standard InChI is InChI=1S/C9H12BrNO2/c10-8-4-7(11)9(13-8)6-2-1-3-12-5-6/h4,6H,1-3,5,11H2. The van der Waals surface area contributed by atoms with Gasteiger partial charge in [0.25, 0.3) is 0 Å². The van der Waals surface area contributed by atoms with E-state index in [0.717, 1.165) is 37.5 Å². The van der Waals surface area contributed by atoms with Crippen molar-refractivity contribution < 1.29 is 9.15 Å². The van der Waals surface area contributed by atoms with E-state index in [1.165, 1.54) is 0 Å². The maximum atomic E-state index is 5.79. The van der Waals surface area contributed by atoms with Crippen LogP contribution < -0.4 is 5.73 Å². The highest BCUT2D eigenvalue weighted by Crippen LogP contribution is 2.33. The third-order valence-corrected chi connectivity index (χ3v) is 2.68. The first-order valence-electron chi connectivity index (χ1n) is 4.40. The average molecular weight is 246 g/mol. The van der Waals surface area contributed by atoms with Crippen molar-refractivity contribution >= 4 is 21.6 Å². The summed E-state index contributed by atoms with van der Waals surface area (Å²) in [5, 5.41) is 0. The van der Waals surface area contributed by atoms with Crippen LogP contribution in [-0.2, 0) is 4.74 Å². The Morgan fingerprint density at radius 3 is 2.92 bits per heavy atom. The van der Waals surface area contributed by atoms with Crippen LogP contribution in [-0.4, -0.2) is 13.2 Å². The molecule has 1 unspecified atom stereocenters. The topological polar surface area (TPSA) is 48.4 Å². The molecule has 0 radical (unpaired) electrons. The Hall–Kier alpha value is -0.480. The van der Waals surface area contributed by atoms with Gasteiger partial charge in [-0.05, 0) is 28.8 Å². The van der Waals surface area contributed by atoms with E-state index in [2.05, 4.69) is 15.9 Å². The van der Waals surface area contributed by atoms with Crippen molar-refractivity contribution in [2.24, 2.45) is 0 Å². The van der Waals surface area contributed by atoms with Gasteiger partial charge < -0.3 is 14.9 Å². The van der Waals surface area contributed by atoms with Gasteiger partial charge in [-0.1, -0.05) is 0 Å². The van der Waals surface area contributed by atoms with Crippen molar-refractivity contribution in [2.45, 2.75) is 18.8 Å². The smallest absolute Gasteiger partial charge is 0.171 e. The molecule has 72 valence electrons. The van der Waals surface area contributed by atoms with Crippen molar-refractivity contribution in [3.8, 4) is 0 Å². The van der Waals surface area contributed by atoms with Crippen LogP contribution in [0.25, 0.3) is 0 Å². The summed E-state index contributed by atoms with van der Waals surface area (Å²) in [7, 11) is 0. The third kappa shape index (κ3) is 1.89. The van der Waals surface area contributed by atoms with E-state index >= 15 is 0 Å². The summed E-state index contributed by atoms with van der Waals surface area (Å²) in [4.78, 5) is 0. The van der Waals surface area contributed by atoms with Crippen LogP contribution in [0.4, 0.5) is 5.69 Å². The van der Waals surface area contributed by atoms with E-state index < -0.39 is 0 Å². The molecule has 13 heavy (non-hydrogen) atoms. The number of halogens is 1. The zero-order chi connectivity index (χ0) is 9.26. The molecule has 0 amide bonds. The molecule has 0 saturated carbocycles. The Morgan fingerprint density at radius 1 is 1.54 bits per heavy atom. The molecule has 0 spiro atoms. The zero-order valence-corrected chi connectivity index (χ0v) is 8.84. The molecule has 1 atom stereocenters. The van der Waals surface area contributed by atoms with E-state index in [9.17, 15) is 0 Å². The second-order valence-corrected chi connectivity index (χ2v) is 4.07. The van der Waals surface area contributed by atoms with E-state index in [-0.39, 0.29) is 0 Å². The quantitative estimate of drug-likeness (QED) is 0.828. The Bertz CT molecular complexity index is 292. The first-order valence-corrected chi connectivity index (χ1v) is 5.19. The number of nitrogen functional groups attached to an aromatic ring is 1. The van der Waals surface area contributed by atoms with Gasteiger partial charge in [0.15, 0.2) is 4.67 Å². The van der Waals surface area contributed by atoms with Crippen molar-refractivity contribution in [1.82, 2.24) is 0 Å². The van der Waals surface area contributed by atoms with Crippen LogP contribution in [0.2, 0.25) is 0 Å². The molecule has 0 bridgehead atoms. The van der Waals surface area contributed by atoms with Crippen molar-refractivity contribution in [2.75, 3.05) is 18.9 Å². The minimum atomic E-state index is 0.333. The number of nitrogens with two attached hydrogens (primary N) is 1. The first kappa shape index (κ1) is 9.09. The molecule has 1 aromatic rings. The van der Waals surface area contributed by atoms with Crippen LogP contribution in [0.5, 0.6) is 0 Å². The maximum absolute atomic E-state index is 5.79. The lowest BCUT2D eigenvalue weighted by molar-refractivity contribution is 0.0741. The summed E-state index contributed by atoms with van der Waals surface area (Å²) < 4.78 is 11.5. The largest absolute Gasteiger partial charge is 0.452 e. The minimum Gasteiger partial charge on any atom is -0.452 e. The minimum absolute atomic E-state index is 0.333. The van der Waals surface area contributed by atoms with E-state index in [1.54, 1.807) is 6.07 Å². The molecule has 1 aliphatic heterocycles. The third-order valence-electron chi connectivity index (χ3n) is 2.29. The predicted molar refractivity (Wildman–Crippen MR) is 53.6 cm³/mol. The van der Waals surface area contributed by atoms with Gasteiger partial charge in [-0.25, -0.2) is 0 Å². The fraction of sp³-hybridized carbons (Fsp3) is 0.556. The predicted octanol–water partition coefficient (Wildman–Crippen LogP) is 2.52. The van der Waals surface area contributed by atoms with Gasteiger partial charge in [0, 0.05) is 18.6 Å². The maximum Gasteiger partial charge on any atom is 0.171 e. The molecule has 1 aliphatic rings. The second kappa shape index (κ2) is 3.72. The van der Waals surface area contributed by atoms with Gasteiger partial charge in [0.2, 0.25) is 0 Å². The molecule has 3 nitrogen and oxygen atoms in total. The monoisotopic (exact) mass is 245 g/mol. The number of hydrogen-bond acceptors (Lipinski definition) is 3. The van der Waals surface area contributed by atoms with Gasteiger partial charge >= 0.3 is 0 Å². The van der Waals surface area contributed by atoms with E-state index in [4.69, 9.17) is 14.9 Å². The summed E-state index contributed by atoms with van der Waals surface area (Å²) in [5.41, 5.74) is 6.52. The van der Waals surface area contributed by atoms with Crippen LogP contribution in [0.15, 0.2) is 15.2 Å². The van der Waals surface area contributed by atoms with Crippen molar-refractivity contribution in [1.29, 1.82) is 0 Å². The second-order valence-electron chi connectivity index (χ2n) is 3.28. The fourth-order valence-corrected chi connectivity index (χ4v) is 2.07. The summed E-state index contributed by atoms with van der Waals surface area (Å²) in [6.45, 7) is 1.59. The molecule has 1 saturated heterocycles. The van der Waals surface area contributed by atoms with E-state index in [1.807, 2.05) is 0 Å². The van der Waals surface area contributed by atoms with Crippen molar-refractivity contribution in [3.63, 3.8) is 0 Å². The Balaban J connectivity index is 2.18. The van der Waals surface area contributed by atoms with E-state index in [0.29, 0.717) is 10.6 Å². The molecule has 0 aromatic carbocycles. The number of anilines is 1. The van der Waals surface area contributed by atoms with Gasteiger partial charge in [0.1, 0.15) is 5.76 Å². The number of hydrogen-bond donors (Lipinski definition) is 1. The highest BCUT2D eigenvalue weighted by molar-refractivity contribution is 9.10. The van der Waals surface area contributed by atoms with Crippen LogP contribution in [0.1, 0.15) is 24.5 Å². The summed E-state index contributed by atoms with van der Waals surface area (Å²) >= 11 is 3.26. The number of furan rings is 1.